The van der Waals surface area contributed by atoms with Crippen LogP contribution < -0.4 is 5.73 Å². The Labute approximate surface area is 119 Å². The highest BCUT2D eigenvalue weighted by atomic mass is 32.1. The number of hydrogen-bond donors (Lipinski definition) is 1. The molecule has 2 N–H and O–H groups in total. The molecule has 1 aromatic carbocycles. The van der Waals surface area contributed by atoms with E-state index in [0.717, 1.165) is 13.1 Å². The molecule has 0 aliphatic carbocycles. The predicted octanol–water partition coefficient (Wildman–Crippen LogP) is 3.63. The number of nitrogens with two attached hydrogens (primary N) is 1. The highest BCUT2D eigenvalue weighted by Crippen LogP contribution is 2.34. The summed E-state index contributed by atoms with van der Waals surface area (Å²) in [7, 11) is 0. The lowest BCUT2D eigenvalue weighted by molar-refractivity contribution is 0.136. The largest absolute Gasteiger partial charge is 0.330 e. The van der Waals surface area contributed by atoms with Gasteiger partial charge in [0.1, 0.15) is 0 Å². The first-order chi connectivity index (χ1) is 9.28. The van der Waals surface area contributed by atoms with Crippen LogP contribution in [0.5, 0.6) is 0 Å². The number of likely N-dealkylation sites (tertiary alicyclic amines) is 1. The van der Waals surface area contributed by atoms with Gasteiger partial charge in [0.25, 0.3) is 0 Å². The number of thiophene rings is 1. The first-order valence-corrected chi connectivity index (χ1v) is 8.02. The summed E-state index contributed by atoms with van der Waals surface area (Å²) >= 11 is 1.93. The van der Waals surface area contributed by atoms with Crippen molar-refractivity contribution in [1.29, 1.82) is 0 Å². The lowest BCUT2D eigenvalue weighted by Crippen LogP contribution is -2.39. The maximum absolute atomic E-state index is 5.84. The molecular formula is C16H22N2S. The van der Waals surface area contributed by atoms with E-state index in [9.17, 15) is 0 Å². The summed E-state index contributed by atoms with van der Waals surface area (Å²) in [6, 6.07) is 11.5. The summed E-state index contributed by atoms with van der Waals surface area (Å²) < 4.78 is 1.40. The van der Waals surface area contributed by atoms with Crippen LogP contribution in [-0.4, -0.2) is 24.5 Å². The van der Waals surface area contributed by atoms with Gasteiger partial charge in [-0.25, -0.2) is 0 Å². The van der Waals surface area contributed by atoms with E-state index in [0.29, 0.717) is 12.0 Å². The Balaban J connectivity index is 1.80. The summed E-state index contributed by atoms with van der Waals surface area (Å²) in [5.74, 6) is 0.686. The SMILES string of the molecule is CC(c1cc2ccccc2s1)N1CCCC(CN)C1. The molecule has 3 rings (SSSR count). The lowest BCUT2D eigenvalue weighted by atomic mass is 9.97. The Hall–Kier alpha value is -0.900. The number of fused-ring (bicyclic) bond motifs is 1. The van der Waals surface area contributed by atoms with Crippen LogP contribution in [0.25, 0.3) is 10.1 Å². The third-order valence-electron chi connectivity index (χ3n) is 4.29. The van der Waals surface area contributed by atoms with Crippen molar-refractivity contribution in [2.45, 2.75) is 25.8 Å². The van der Waals surface area contributed by atoms with Crippen LogP contribution in [0, 0.1) is 5.92 Å². The molecule has 0 bridgehead atoms. The molecule has 1 saturated heterocycles. The number of rotatable bonds is 3. The average Bonchev–Trinajstić information content (AvgIpc) is 2.90. The van der Waals surface area contributed by atoms with Gasteiger partial charge in [0, 0.05) is 22.2 Å². The Morgan fingerprint density at radius 3 is 3.05 bits per heavy atom. The first-order valence-electron chi connectivity index (χ1n) is 7.20. The van der Waals surface area contributed by atoms with Crippen molar-refractivity contribution in [3.05, 3.63) is 35.2 Å². The van der Waals surface area contributed by atoms with Crippen LogP contribution >= 0.6 is 11.3 Å². The average molecular weight is 274 g/mol. The molecule has 2 aromatic rings. The molecule has 1 fully saturated rings. The molecule has 0 spiro atoms. The monoisotopic (exact) mass is 274 g/mol. The number of benzene rings is 1. The second-order valence-electron chi connectivity index (χ2n) is 5.60. The van der Waals surface area contributed by atoms with Crippen LogP contribution in [0.2, 0.25) is 0 Å². The van der Waals surface area contributed by atoms with E-state index in [4.69, 9.17) is 5.73 Å². The molecule has 102 valence electrons. The van der Waals surface area contributed by atoms with Crippen molar-refractivity contribution < 1.29 is 0 Å². The Bertz CT molecular complexity index is 515. The van der Waals surface area contributed by atoms with Crippen molar-refractivity contribution >= 4 is 21.4 Å². The molecule has 1 aliphatic heterocycles. The molecule has 19 heavy (non-hydrogen) atoms. The van der Waals surface area contributed by atoms with Crippen molar-refractivity contribution in [3.8, 4) is 0 Å². The highest BCUT2D eigenvalue weighted by Gasteiger charge is 2.24. The minimum atomic E-state index is 0.520. The topological polar surface area (TPSA) is 29.3 Å². The van der Waals surface area contributed by atoms with E-state index in [2.05, 4.69) is 42.2 Å². The first kappa shape index (κ1) is 13.1. The van der Waals surface area contributed by atoms with Crippen molar-refractivity contribution in [2.24, 2.45) is 11.7 Å². The third kappa shape index (κ3) is 2.69. The zero-order valence-corrected chi connectivity index (χ0v) is 12.3. The number of nitrogens with zero attached hydrogens (tertiary/aromatic N) is 1. The third-order valence-corrected chi connectivity index (χ3v) is 5.57. The van der Waals surface area contributed by atoms with E-state index in [1.807, 2.05) is 11.3 Å². The fourth-order valence-corrected chi connectivity index (χ4v) is 4.18. The van der Waals surface area contributed by atoms with Gasteiger partial charge >= 0.3 is 0 Å². The van der Waals surface area contributed by atoms with E-state index < -0.39 is 0 Å². The van der Waals surface area contributed by atoms with Gasteiger partial charge in [0.2, 0.25) is 0 Å². The van der Waals surface area contributed by atoms with Crippen molar-refractivity contribution in [1.82, 2.24) is 4.90 Å². The number of hydrogen-bond acceptors (Lipinski definition) is 3. The van der Waals surface area contributed by atoms with E-state index in [-0.39, 0.29) is 0 Å². The van der Waals surface area contributed by atoms with Crippen molar-refractivity contribution in [3.63, 3.8) is 0 Å². The molecule has 0 amide bonds. The van der Waals surface area contributed by atoms with Gasteiger partial charge in [0.15, 0.2) is 0 Å². The van der Waals surface area contributed by atoms with Crippen LogP contribution in [0.4, 0.5) is 0 Å². The minimum Gasteiger partial charge on any atom is -0.330 e. The standard InChI is InChI=1S/C16H22N2S/c1-12(18-8-4-5-13(10-17)11-18)16-9-14-6-2-3-7-15(14)19-16/h2-3,6-7,9,12-13H,4-5,8,10-11,17H2,1H3. The normalized spacial score (nSPS) is 22.7. The summed E-state index contributed by atoms with van der Waals surface area (Å²) in [5.41, 5.74) is 5.84. The zero-order valence-electron chi connectivity index (χ0n) is 11.5. The fourth-order valence-electron chi connectivity index (χ4n) is 3.03. The summed E-state index contributed by atoms with van der Waals surface area (Å²) in [6.07, 6.45) is 2.59. The van der Waals surface area contributed by atoms with Crippen LogP contribution in [-0.2, 0) is 0 Å². The van der Waals surface area contributed by atoms with Gasteiger partial charge in [-0.3, -0.25) is 4.90 Å². The molecule has 3 heteroatoms. The van der Waals surface area contributed by atoms with E-state index in [1.54, 1.807) is 0 Å². The molecule has 2 atom stereocenters. The molecule has 2 heterocycles. The second kappa shape index (κ2) is 5.61. The van der Waals surface area contributed by atoms with Gasteiger partial charge in [-0.15, -0.1) is 11.3 Å². The second-order valence-corrected chi connectivity index (χ2v) is 6.72. The summed E-state index contributed by atoms with van der Waals surface area (Å²) in [4.78, 5) is 4.09. The molecule has 0 radical (unpaired) electrons. The maximum atomic E-state index is 5.84. The fraction of sp³-hybridized carbons (Fsp3) is 0.500. The van der Waals surface area contributed by atoms with Gasteiger partial charge < -0.3 is 5.73 Å². The van der Waals surface area contributed by atoms with Crippen molar-refractivity contribution in [2.75, 3.05) is 19.6 Å². The Kier molecular flexibility index (Phi) is 3.87. The highest BCUT2D eigenvalue weighted by molar-refractivity contribution is 7.19. The molecule has 2 unspecified atom stereocenters. The lowest BCUT2D eigenvalue weighted by Gasteiger charge is -2.36. The summed E-state index contributed by atoms with van der Waals surface area (Å²) in [5, 5.41) is 1.38. The zero-order chi connectivity index (χ0) is 13.2. The Morgan fingerprint density at radius 1 is 1.42 bits per heavy atom. The molecule has 2 nitrogen and oxygen atoms in total. The van der Waals surface area contributed by atoms with E-state index >= 15 is 0 Å². The van der Waals surface area contributed by atoms with Gasteiger partial charge in [-0.2, -0.15) is 0 Å². The Morgan fingerprint density at radius 2 is 2.26 bits per heavy atom. The van der Waals surface area contributed by atoms with Crippen LogP contribution in [0.3, 0.4) is 0 Å². The maximum Gasteiger partial charge on any atom is 0.0413 e. The van der Waals surface area contributed by atoms with Crippen LogP contribution in [0.15, 0.2) is 30.3 Å². The van der Waals surface area contributed by atoms with Crippen LogP contribution in [0.1, 0.15) is 30.7 Å². The minimum absolute atomic E-state index is 0.520. The number of piperidine rings is 1. The van der Waals surface area contributed by atoms with Gasteiger partial charge in [0.05, 0.1) is 0 Å². The van der Waals surface area contributed by atoms with Gasteiger partial charge in [-0.05, 0) is 56.3 Å². The predicted molar refractivity (Wildman–Crippen MR) is 83.6 cm³/mol. The summed E-state index contributed by atoms with van der Waals surface area (Å²) in [6.45, 7) is 5.54. The molecule has 1 aromatic heterocycles. The molecule has 1 aliphatic rings. The van der Waals surface area contributed by atoms with E-state index in [1.165, 1.54) is 34.3 Å². The molecular weight excluding hydrogens is 252 g/mol. The molecule has 0 saturated carbocycles. The van der Waals surface area contributed by atoms with Gasteiger partial charge in [-0.1, -0.05) is 18.2 Å². The smallest absolute Gasteiger partial charge is 0.0413 e. The quantitative estimate of drug-likeness (QED) is 0.926.